The monoisotopic (exact) mass is 443 g/mol. The molecular formula is C20H21N5O3S2. The number of nitrogens with zero attached hydrogens (tertiary/aromatic N) is 4. The number of amides is 2. The van der Waals surface area contributed by atoms with E-state index in [1.54, 1.807) is 25.4 Å². The minimum absolute atomic E-state index is 0.177. The molecule has 0 bridgehead atoms. The first-order valence-corrected chi connectivity index (χ1v) is 10.8. The zero-order valence-electron chi connectivity index (χ0n) is 16.6. The van der Waals surface area contributed by atoms with Crippen LogP contribution in [0.25, 0.3) is 11.7 Å². The van der Waals surface area contributed by atoms with Gasteiger partial charge < -0.3 is 10.6 Å². The van der Waals surface area contributed by atoms with Crippen molar-refractivity contribution in [1.29, 1.82) is 0 Å². The zero-order chi connectivity index (χ0) is 21.6. The fraction of sp³-hybridized carbons (Fsp3) is 0.350. The normalized spacial score (nSPS) is 19.3. The summed E-state index contributed by atoms with van der Waals surface area (Å²) in [4.78, 5) is 46.0. The summed E-state index contributed by atoms with van der Waals surface area (Å²) in [5.41, 5.74) is 6.98. The van der Waals surface area contributed by atoms with Gasteiger partial charge in [0.1, 0.15) is 15.8 Å². The molecule has 2 amide bonds. The van der Waals surface area contributed by atoms with Gasteiger partial charge in [-0.2, -0.15) is 0 Å². The van der Waals surface area contributed by atoms with Crippen molar-refractivity contribution in [1.82, 2.24) is 14.3 Å². The van der Waals surface area contributed by atoms with E-state index < -0.39 is 0 Å². The molecule has 10 heteroatoms. The van der Waals surface area contributed by atoms with Crippen LogP contribution in [-0.2, 0) is 9.59 Å². The maximum Gasteiger partial charge on any atom is 0.267 e. The number of nitrogens with two attached hydrogens (primary N) is 1. The summed E-state index contributed by atoms with van der Waals surface area (Å²) in [7, 11) is 1.61. The minimum Gasteiger partial charge on any atom is -0.369 e. The van der Waals surface area contributed by atoms with Gasteiger partial charge in [-0.25, -0.2) is 4.98 Å². The number of hydrogen-bond donors (Lipinski definition) is 1. The fourth-order valence-corrected chi connectivity index (χ4v) is 4.88. The molecule has 0 spiro atoms. The molecule has 8 nitrogen and oxygen atoms in total. The molecule has 30 heavy (non-hydrogen) atoms. The number of likely N-dealkylation sites (N-methyl/N-ethyl adjacent to an activating group) is 1. The highest BCUT2D eigenvalue weighted by Gasteiger charge is 2.31. The van der Waals surface area contributed by atoms with Crippen molar-refractivity contribution in [2.75, 3.05) is 25.0 Å². The van der Waals surface area contributed by atoms with Crippen molar-refractivity contribution >= 4 is 57.7 Å². The van der Waals surface area contributed by atoms with Gasteiger partial charge in [0, 0.05) is 32.3 Å². The molecule has 2 aliphatic rings. The van der Waals surface area contributed by atoms with Gasteiger partial charge >= 0.3 is 0 Å². The Morgan fingerprint density at radius 3 is 2.63 bits per heavy atom. The van der Waals surface area contributed by atoms with E-state index in [-0.39, 0.29) is 23.3 Å². The lowest BCUT2D eigenvalue weighted by Gasteiger charge is -2.32. The number of anilines is 1. The molecule has 0 aromatic carbocycles. The van der Waals surface area contributed by atoms with Crippen molar-refractivity contribution in [3.63, 3.8) is 0 Å². The first-order chi connectivity index (χ1) is 14.3. The average molecular weight is 444 g/mol. The molecule has 0 atom stereocenters. The van der Waals surface area contributed by atoms with E-state index in [1.807, 2.05) is 17.9 Å². The molecule has 2 aliphatic heterocycles. The average Bonchev–Trinajstić information content (AvgIpc) is 2.97. The van der Waals surface area contributed by atoms with Crippen LogP contribution in [0.4, 0.5) is 5.82 Å². The van der Waals surface area contributed by atoms with Crippen LogP contribution in [0.2, 0.25) is 0 Å². The molecule has 0 saturated carbocycles. The molecule has 2 aromatic heterocycles. The number of primary amides is 1. The number of thiocarbonyl (C=S) groups is 1. The second-order valence-electron chi connectivity index (χ2n) is 7.44. The van der Waals surface area contributed by atoms with Crippen LogP contribution < -0.4 is 16.2 Å². The molecular weight excluding hydrogens is 422 g/mol. The Kier molecular flexibility index (Phi) is 5.37. The van der Waals surface area contributed by atoms with Crippen molar-refractivity contribution in [2.45, 2.75) is 19.8 Å². The predicted octanol–water partition coefficient (Wildman–Crippen LogP) is 1.54. The minimum atomic E-state index is -0.302. The van der Waals surface area contributed by atoms with Crippen molar-refractivity contribution in [3.05, 3.63) is 44.7 Å². The summed E-state index contributed by atoms with van der Waals surface area (Å²) in [6.07, 6.45) is 4.45. The first kappa shape index (κ1) is 20.5. The maximum atomic E-state index is 13.4. The number of carbonyl (C=O) groups excluding carboxylic acids is 2. The lowest BCUT2D eigenvalue weighted by Crippen LogP contribution is -2.40. The fourth-order valence-electron chi connectivity index (χ4n) is 3.72. The highest BCUT2D eigenvalue weighted by atomic mass is 32.2. The number of aryl methyl sites for hydroxylation is 1. The van der Waals surface area contributed by atoms with Gasteiger partial charge in [-0.15, -0.1) is 0 Å². The number of hydrogen-bond acceptors (Lipinski definition) is 7. The van der Waals surface area contributed by atoms with Crippen LogP contribution in [0, 0.1) is 12.8 Å². The molecule has 2 saturated heterocycles. The van der Waals surface area contributed by atoms with E-state index in [0.717, 1.165) is 5.56 Å². The summed E-state index contributed by atoms with van der Waals surface area (Å²) in [6, 6.07) is 3.69. The topological polar surface area (TPSA) is 101 Å². The van der Waals surface area contributed by atoms with E-state index in [0.29, 0.717) is 52.2 Å². The van der Waals surface area contributed by atoms with Gasteiger partial charge in [0.2, 0.25) is 5.91 Å². The largest absolute Gasteiger partial charge is 0.369 e. The van der Waals surface area contributed by atoms with Gasteiger partial charge in [-0.3, -0.25) is 23.7 Å². The molecule has 2 N–H and O–H groups in total. The van der Waals surface area contributed by atoms with Crippen LogP contribution in [-0.4, -0.2) is 50.6 Å². The van der Waals surface area contributed by atoms with E-state index in [4.69, 9.17) is 22.9 Å². The number of pyridine rings is 1. The molecule has 0 aliphatic carbocycles. The number of rotatable bonds is 3. The van der Waals surface area contributed by atoms with Gasteiger partial charge in [0.05, 0.1) is 10.5 Å². The smallest absolute Gasteiger partial charge is 0.267 e. The van der Waals surface area contributed by atoms with Gasteiger partial charge in [-0.1, -0.05) is 30.0 Å². The number of fused-ring (bicyclic) bond motifs is 1. The van der Waals surface area contributed by atoms with Gasteiger partial charge in [0.25, 0.3) is 11.5 Å². The Morgan fingerprint density at radius 1 is 1.33 bits per heavy atom. The Morgan fingerprint density at radius 2 is 2.03 bits per heavy atom. The van der Waals surface area contributed by atoms with E-state index in [2.05, 4.69) is 0 Å². The van der Waals surface area contributed by atoms with E-state index >= 15 is 0 Å². The predicted molar refractivity (Wildman–Crippen MR) is 121 cm³/mol. The molecule has 0 unspecified atom stereocenters. The van der Waals surface area contributed by atoms with E-state index in [9.17, 15) is 14.4 Å². The molecule has 4 rings (SSSR count). The highest BCUT2D eigenvalue weighted by molar-refractivity contribution is 8.26. The lowest BCUT2D eigenvalue weighted by atomic mass is 9.96. The third-order valence-electron chi connectivity index (χ3n) is 5.52. The number of aromatic nitrogens is 2. The second kappa shape index (κ2) is 7.84. The second-order valence-corrected chi connectivity index (χ2v) is 9.12. The Labute approximate surface area is 182 Å². The molecule has 0 radical (unpaired) electrons. The van der Waals surface area contributed by atoms with Crippen molar-refractivity contribution in [3.8, 4) is 0 Å². The standard InChI is InChI=1S/C20H21N5O3S2/c1-11-4-3-7-25-16(11)22-17(24-8-5-12(6-9-24)15(21)26)13(18(25)27)10-14-19(28)23(2)20(29)30-14/h3-4,7,10,12H,5-6,8-9H2,1-2H3,(H2,21,26)/b14-10-. The van der Waals surface area contributed by atoms with E-state index in [1.165, 1.54) is 21.1 Å². The van der Waals surface area contributed by atoms with Crippen molar-refractivity contribution in [2.24, 2.45) is 11.7 Å². The summed E-state index contributed by atoms with van der Waals surface area (Å²) in [5.74, 6) is -0.205. The quantitative estimate of drug-likeness (QED) is 0.567. The summed E-state index contributed by atoms with van der Waals surface area (Å²) >= 11 is 6.38. The molecule has 4 heterocycles. The molecule has 2 fully saturated rings. The third kappa shape index (κ3) is 3.50. The van der Waals surface area contributed by atoms with Crippen LogP contribution in [0.5, 0.6) is 0 Å². The zero-order valence-corrected chi connectivity index (χ0v) is 18.3. The number of thioether (sulfide) groups is 1. The summed E-state index contributed by atoms with van der Waals surface area (Å²) in [6.45, 7) is 3.00. The molecule has 156 valence electrons. The molecule has 2 aromatic rings. The Bertz CT molecular complexity index is 1160. The Hall–Kier alpha value is -2.72. The first-order valence-electron chi connectivity index (χ1n) is 9.55. The van der Waals surface area contributed by atoms with Gasteiger partial charge in [0.15, 0.2) is 0 Å². The van der Waals surface area contributed by atoms with Gasteiger partial charge in [-0.05, 0) is 37.5 Å². The van der Waals surface area contributed by atoms with Crippen LogP contribution in [0.3, 0.4) is 0 Å². The maximum absolute atomic E-state index is 13.4. The SMILES string of the molecule is Cc1cccn2c(=O)c(/C=C3\SC(=S)N(C)C3=O)c(N3CCC(C(N)=O)CC3)nc12. The summed E-state index contributed by atoms with van der Waals surface area (Å²) in [5, 5.41) is 0. The van der Waals surface area contributed by atoms with Crippen LogP contribution >= 0.6 is 24.0 Å². The summed E-state index contributed by atoms with van der Waals surface area (Å²) < 4.78 is 1.94. The van der Waals surface area contributed by atoms with Crippen LogP contribution in [0.15, 0.2) is 28.0 Å². The number of carbonyl (C=O) groups is 2. The van der Waals surface area contributed by atoms with Crippen LogP contribution in [0.1, 0.15) is 24.0 Å². The lowest BCUT2D eigenvalue weighted by molar-refractivity contribution is -0.122. The highest BCUT2D eigenvalue weighted by Crippen LogP contribution is 2.33. The Balaban J connectivity index is 1.86. The third-order valence-corrected chi connectivity index (χ3v) is 7.01. The number of piperidine rings is 1. The van der Waals surface area contributed by atoms with Crippen molar-refractivity contribution < 1.29 is 9.59 Å².